The van der Waals surface area contributed by atoms with E-state index in [1.54, 1.807) is 25.1 Å². The van der Waals surface area contributed by atoms with Gasteiger partial charge in [-0.3, -0.25) is 4.84 Å². The summed E-state index contributed by atoms with van der Waals surface area (Å²) in [4.78, 5) is 25.7. The Hall–Kier alpha value is -2.15. The minimum absolute atomic E-state index is 0.325. The van der Waals surface area contributed by atoms with E-state index in [1.807, 2.05) is 5.48 Å². The van der Waals surface area contributed by atoms with Crippen molar-refractivity contribution in [1.82, 2.24) is 10.8 Å². The molecule has 2 amide bonds. The second-order valence-electron chi connectivity index (χ2n) is 3.50. The van der Waals surface area contributed by atoms with Crippen molar-refractivity contribution in [2.24, 2.45) is 0 Å². The molecule has 3 N–H and O–H groups in total. The molecule has 0 fully saturated rings. The van der Waals surface area contributed by atoms with E-state index in [-0.39, 0.29) is 0 Å². The van der Waals surface area contributed by atoms with Crippen molar-refractivity contribution in [3.8, 4) is 0 Å². The maximum absolute atomic E-state index is 13.4. The van der Waals surface area contributed by atoms with Crippen molar-refractivity contribution in [2.75, 3.05) is 6.61 Å². The Morgan fingerprint density at radius 2 is 2.11 bits per heavy atom. The normalized spacial score (nSPS) is 11.7. The molecule has 0 radical (unpaired) electrons. The van der Waals surface area contributed by atoms with E-state index in [1.165, 1.54) is 6.07 Å². The zero-order valence-electron chi connectivity index (χ0n) is 9.64. The number of amides is 2. The van der Waals surface area contributed by atoms with Gasteiger partial charge in [0, 0.05) is 5.56 Å². The van der Waals surface area contributed by atoms with Gasteiger partial charge in [0.1, 0.15) is 5.82 Å². The van der Waals surface area contributed by atoms with Crippen LogP contribution in [0.25, 0.3) is 0 Å². The highest BCUT2D eigenvalue weighted by Crippen LogP contribution is 2.15. The number of hydrogen-bond acceptors (Lipinski definition) is 3. The van der Waals surface area contributed by atoms with E-state index in [0.29, 0.717) is 5.56 Å². The van der Waals surface area contributed by atoms with Crippen molar-refractivity contribution in [3.05, 3.63) is 35.6 Å². The third-order valence-corrected chi connectivity index (χ3v) is 2.08. The molecule has 7 heteroatoms. The molecule has 0 saturated carbocycles. The number of benzene rings is 1. The SMILES string of the molecule is CC(NC(=O)NOCC(=O)O)c1ccccc1F. The van der Waals surface area contributed by atoms with Crippen LogP contribution in [0.3, 0.4) is 0 Å². The minimum atomic E-state index is -1.21. The van der Waals surface area contributed by atoms with Gasteiger partial charge in [-0.25, -0.2) is 19.5 Å². The Balaban J connectivity index is 2.45. The predicted octanol–water partition coefficient (Wildman–Crippen LogP) is 1.20. The van der Waals surface area contributed by atoms with Crippen LogP contribution in [0, 0.1) is 5.82 Å². The number of hydroxylamine groups is 1. The molecule has 0 heterocycles. The van der Waals surface area contributed by atoms with E-state index < -0.39 is 30.5 Å². The van der Waals surface area contributed by atoms with Crippen LogP contribution in [0.2, 0.25) is 0 Å². The summed E-state index contributed by atoms with van der Waals surface area (Å²) in [5.41, 5.74) is 2.21. The summed E-state index contributed by atoms with van der Waals surface area (Å²) < 4.78 is 13.4. The lowest BCUT2D eigenvalue weighted by Crippen LogP contribution is -2.38. The standard InChI is InChI=1S/C11H13FN2O4/c1-7(8-4-2-3-5-9(8)12)13-11(17)14-18-6-10(15)16/h2-5,7H,6H2,1H3,(H,15,16)(H2,13,14,17). The highest BCUT2D eigenvalue weighted by molar-refractivity contribution is 5.74. The Bertz CT molecular complexity index is 439. The third kappa shape index (κ3) is 4.38. The van der Waals surface area contributed by atoms with Gasteiger partial charge in [-0.05, 0) is 13.0 Å². The smallest absolute Gasteiger partial charge is 0.339 e. The maximum atomic E-state index is 13.4. The molecule has 1 unspecified atom stereocenters. The molecule has 1 aromatic rings. The van der Waals surface area contributed by atoms with Gasteiger partial charge in [-0.1, -0.05) is 18.2 Å². The lowest BCUT2D eigenvalue weighted by atomic mass is 10.1. The summed E-state index contributed by atoms with van der Waals surface area (Å²) in [6.07, 6.45) is 0. The number of aliphatic carboxylic acids is 1. The first-order chi connectivity index (χ1) is 8.50. The number of halogens is 1. The predicted molar refractivity (Wildman–Crippen MR) is 60.1 cm³/mol. The van der Waals surface area contributed by atoms with Gasteiger partial charge in [0.15, 0.2) is 6.61 Å². The number of nitrogens with one attached hydrogen (secondary N) is 2. The van der Waals surface area contributed by atoms with Crippen molar-refractivity contribution in [1.29, 1.82) is 0 Å². The molecule has 0 aliphatic carbocycles. The molecular formula is C11H13FN2O4. The Kier molecular flexibility index (Phi) is 5.06. The van der Waals surface area contributed by atoms with Gasteiger partial charge in [0.25, 0.3) is 0 Å². The van der Waals surface area contributed by atoms with E-state index in [0.717, 1.165) is 0 Å². The van der Waals surface area contributed by atoms with Crippen LogP contribution in [-0.2, 0) is 9.63 Å². The highest BCUT2D eigenvalue weighted by Gasteiger charge is 2.13. The van der Waals surface area contributed by atoms with Gasteiger partial charge >= 0.3 is 12.0 Å². The van der Waals surface area contributed by atoms with Crippen LogP contribution in [0.1, 0.15) is 18.5 Å². The first-order valence-electron chi connectivity index (χ1n) is 5.15. The molecule has 98 valence electrons. The van der Waals surface area contributed by atoms with Gasteiger partial charge in [-0.2, -0.15) is 0 Å². The summed E-state index contributed by atoms with van der Waals surface area (Å²) >= 11 is 0. The van der Waals surface area contributed by atoms with E-state index in [9.17, 15) is 14.0 Å². The first-order valence-corrected chi connectivity index (χ1v) is 5.15. The van der Waals surface area contributed by atoms with Gasteiger partial charge < -0.3 is 10.4 Å². The second kappa shape index (κ2) is 6.55. The van der Waals surface area contributed by atoms with Crippen LogP contribution in [0.5, 0.6) is 0 Å². The van der Waals surface area contributed by atoms with Gasteiger partial charge in [-0.15, -0.1) is 0 Å². The molecule has 0 aliphatic heterocycles. The Morgan fingerprint density at radius 3 is 2.72 bits per heavy atom. The van der Waals surface area contributed by atoms with Crippen LogP contribution >= 0.6 is 0 Å². The maximum Gasteiger partial charge on any atom is 0.339 e. The number of carbonyl (C=O) groups is 2. The van der Waals surface area contributed by atoms with Gasteiger partial charge in [0.2, 0.25) is 0 Å². The lowest BCUT2D eigenvalue weighted by molar-refractivity contribution is -0.144. The second-order valence-corrected chi connectivity index (χ2v) is 3.50. The summed E-state index contributed by atoms with van der Waals surface area (Å²) in [6.45, 7) is 0.941. The summed E-state index contributed by atoms with van der Waals surface area (Å²) in [6, 6.07) is 4.70. The van der Waals surface area contributed by atoms with E-state index in [4.69, 9.17) is 5.11 Å². The highest BCUT2D eigenvalue weighted by atomic mass is 19.1. The average molecular weight is 256 g/mol. The zero-order chi connectivity index (χ0) is 13.5. The molecule has 1 rings (SSSR count). The number of urea groups is 1. The number of carboxylic acid groups (broad SMARTS) is 1. The minimum Gasteiger partial charge on any atom is -0.479 e. The van der Waals surface area contributed by atoms with Crippen LogP contribution in [-0.4, -0.2) is 23.7 Å². The molecule has 0 saturated heterocycles. The third-order valence-electron chi connectivity index (χ3n) is 2.08. The molecule has 1 atom stereocenters. The molecule has 1 aromatic carbocycles. The molecule has 0 aliphatic rings. The Labute approximate surface area is 103 Å². The summed E-state index contributed by atoms with van der Waals surface area (Å²) in [7, 11) is 0. The number of carbonyl (C=O) groups excluding carboxylic acids is 1. The molecule has 6 nitrogen and oxygen atoms in total. The van der Waals surface area contributed by atoms with Crippen LogP contribution in [0.4, 0.5) is 9.18 Å². The number of carboxylic acids is 1. The Morgan fingerprint density at radius 1 is 1.44 bits per heavy atom. The summed E-state index contributed by atoms with van der Waals surface area (Å²) in [5, 5.41) is 10.7. The number of rotatable bonds is 5. The van der Waals surface area contributed by atoms with E-state index in [2.05, 4.69) is 10.2 Å². The first kappa shape index (κ1) is 13.9. The topological polar surface area (TPSA) is 87.7 Å². The zero-order valence-corrected chi connectivity index (χ0v) is 9.64. The van der Waals surface area contributed by atoms with Crippen molar-refractivity contribution in [2.45, 2.75) is 13.0 Å². The fourth-order valence-corrected chi connectivity index (χ4v) is 1.29. The van der Waals surface area contributed by atoms with Crippen molar-refractivity contribution >= 4 is 12.0 Å². The quantitative estimate of drug-likeness (QED) is 0.691. The van der Waals surface area contributed by atoms with Crippen molar-refractivity contribution < 1.29 is 23.9 Å². The van der Waals surface area contributed by atoms with Gasteiger partial charge in [0.05, 0.1) is 6.04 Å². The molecular weight excluding hydrogens is 243 g/mol. The van der Waals surface area contributed by atoms with Crippen LogP contribution < -0.4 is 10.8 Å². The van der Waals surface area contributed by atoms with E-state index >= 15 is 0 Å². The monoisotopic (exact) mass is 256 g/mol. The summed E-state index contributed by atoms with van der Waals surface area (Å²) in [5.74, 6) is -1.64. The fourth-order valence-electron chi connectivity index (χ4n) is 1.29. The molecule has 18 heavy (non-hydrogen) atoms. The fraction of sp³-hybridized carbons (Fsp3) is 0.273. The molecule has 0 aromatic heterocycles. The largest absolute Gasteiger partial charge is 0.479 e. The van der Waals surface area contributed by atoms with Crippen molar-refractivity contribution in [3.63, 3.8) is 0 Å². The average Bonchev–Trinajstić information content (AvgIpc) is 2.28. The lowest BCUT2D eigenvalue weighted by Gasteiger charge is -2.15. The number of hydrogen-bond donors (Lipinski definition) is 3. The molecule has 0 bridgehead atoms. The molecule has 0 spiro atoms. The van der Waals surface area contributed by atoms with Crippen LogP contribution in [0.15, 0.2) is 24.3 Å².